The Hall–Kier alpha value is 0.648. The molecule has 0 spiro atoms. The van der Waals surface area contributed by atoms with Crippen LogP contribution in [0.1, 0.15) is 32.6 Å². The maximum absolute atomic E-state index is 2.40. The van der Waals surface area contributed by atoms with Gasteiger partial charge in [0.05, 0.1) is 0 Å². The number of allylic oxidation sites excluding steroid dienone is 2. The molecule has 0 unspecified atom stereocenters. The third-order valence-corrected chi connectivity index (χ3v) is 3.34. The van der Waals surface area contributed by atoms with E-state index in [2.05, 4.69) is 13.0 Å². The molecule has 2 heteroatoms. The first-order valence-corrected chi connectivity index (χ1v) is 5.95. The first-order chi connectivity index (χ1) is 4.79. The molecule has 1 aliphatic carbocycles. The van der Waals surface area contributed by atoms with Crippen LogP contribution in [0.25, 0.3) is 0 Å². The van der Waals surface area contributed by atoms with Crippen LogP contribution >= 0.6 is 11.8 Å². The van der Waals surface area contributed by atoms with E-state index in [1.54, 1.807) is 27.5 Å². The van der Waals surface area contributed by atoms with Gasteiger partial charge in [0.25, 0.3) is 0 Å². The standard InChI is InChI=1S/C8H12S.W/c1-2-9-8-6-4-3-5-7-8;/h6H,3-5,7H2,1H3;. The van der Waals surface area contributed by atoms with E-state index in [-0.39, 0.29) is 0 Å². The minimum atomic E-state index is 1.31. The van der Waals surface area contributed by atoms with E-state index < -0.39 is 0 Å². The Morgan fingerprint density at radius 3 is 2.90 bits per heavy atom. The number of hydrogen-bond donors (Lipinski definition) is 0. The first kappa shape index (κ1) is 8.74. The van der Waals surface area contributed by atoms with E-state index in [9.17, 15) is 0 Å². The molecule has 0 aliphatic heterocycles. The summed E-state index contributed by atoms with van der Waals surface area (Å²) in [6.45, 7) is 2.22. The van der Waals surface area contributed by atoms with Crippen molar-refractivity contribution in [3.05, 3.63) is 11.0 Å². The van der Waals surface area contributed by atoms with Gasteiger partial charge in [-0.15, -0.1) is 0 Å². The van der Waals surface area contributed by atoms with E-state index in [1.807, 2.05) is 11.8 Å². The Balaban J connectivity index is 2.38. The summed E-state index contributed by atoms with van der Waals surface area (Å²) in [6, 6.07) is 0. The molecule has 0 aromatic rings. The van der Waals surface area contributed by atoms with Gasteiger partial charge < -0.3 is 0 Å². The fraction of sp³-hybridized carbons (Fsp3) is 0.625. The summed E-state index contributed by atoms with van der Waals surface area (Å²) in [5.41, 5.74) is 0. The molecule has 0 amide bonds. The van der Waals surface area contributed by atoms with E-state index in [1.165, 1.54) is 25.7 Å². The van der Waals surface area contributed by atoms with Gasteiger partial charge in [-0.2, -0.15) is 0 Å². The van der Waals surface area contributed by atoms with Crippen LogP contribution in [0.4, 0.5) is 0 Å². The predicted molar refractivity (Wildman–Crippen MR) is 44.8 cm³/mol. The molecule has 1 aliphatic rings. The summed E-state index contributed by atoms with van der Waals surface area (Å²) in [5.74, 6) is 0. The summed E-state index contributed by atoms with van der Waals surface area (Å²) in [7, 11) is 0. The van der Waals surface area contributed by atoms with Crippen LogP contribution in [-0.2, 0) is 19.4 Å². The van der Waals surface area contributed by atoms with Crippen LogP contribution in [0.5, 0.6) is 0 Å². The van der Waals surface area contributed by atoms with Gasteiger partial charge in [0.15, 0.2) is 0 Å². The molecule has 0 bridgehead atoms. The van der Waals surface area contributed by atoms with Crippen LogP contribution in [0.2, 0.25) is 0 Å². The van der Waals surface area contributed by atoms with Gasteiger partial charge >= 0.3 is 77.9 Å². The quantitative estimate of drug-likeness (QED) is 0.753. The Labute approximate surface area is 77.9 Å². The van der Waals surface area contributed by atoms with Crippen molar-refractivity contribution in [1.82, 2.24) is 0 Å². The van der Waals surface area contributed by atoms with E-state index in [0.717, 1.165) is 0 Å². The van der Waals surface area contributed by atoms with Crippen molar-refractivity contribution in [3.63, 3.8) is 0 Å². The predicted octanol–water partition coefficient (Wildman–Crippen LogP) is 2.87. The summed E-state index contributed by atoms with van der Waals surface area (Å²) < 4.78 is 1.55. The second-order valence-corrected chi connectivity index (χ2v) is 7.08. The first-order valence-electron chi connectivity index (χ1n) is 3.66. The van der Waals surface area contributed by atoms with E-state index in [4.69, 9.17) is 0 Å². The molecule has 0 fully saturated rings. The average molecular weight is 324 g/mol. The molecule has 0 heterocycles. The molecule has 0 radical (unpaired) electrons. The number of thioether (sulfide) groups is 1. The summed E-state index contributed by atoms with van der Waals surface area (Å²) in [6.07, 6.45) is 7.85. The van der Waals surface area contributed by atoms with Gasteiger partial charge in [0, 0.05) is 0 Å². The zero-order chi connectivity index (χ0) is 7.40. The van der Waals surface area contributed by atoms with Crippen molar-refractivity contribution in [2.45, 2.75) is 32.6 Å². The molecule has 0 nitrogen and oxygen atoms in total. The molecular weight excluding hydrogens is 312 g/mol. The van der Waals surface area contributed by atoms with Crippen LogP contribution < -0.4 is 0 Å². The van der Waals surface area contributed by atoms with Crippen molar-refractivity contribution in [2.24, 2.45) is 0 Å². The topological polar surface area (TPSA) is 0 Å². The zero-order valence-corrected chi connectivity index (χ0v) is 9.97. The number of hydrogen-bond acceptors (Lipinski definition) is 1. The monoisotopic (exact) mass is 324 g/mol. The van der Waals surface area contributed by atoms with Crippen molar-refractivity contribution in [1.29, 1.82) is 0 Å². The van der Waals surface area contributed by atoms with Gasteiger partial charge in [-0.05, 0) is 0 Å². The van der Waals surface area contributed by atoms with E-state index >= 15 is 0 Å². The SMILES string of the molecule is C[C](=[W])SC1=CCCCC1. The van der Waals surface area contributed by atoms with Crippen molar-refractivity contribution in [3.8, 4) is 0 Å². The Morgan fingerprint density at radius 2 is 2.40 bits per heavy atom. The molecule has 0 atom stereocenters. The molecule has 0 N–H and O–H groups in total. The van der Waals surface area contributed by atoms with Gasteiger partial charge in [-0.1, -0.05) is 0 Å². The van der Waals surface area contributed by atoms with Crippen molar-refractivity contribution >= 4 is 15.0 Å². The van der Waals surface area contributed by atoms with Gasteiger partial charge in [-0.3, -0.25) is 0 Å². The van der Waals surface area contributed by atoms with Crippen LogP contribution in [0, 0.1) is 0 Å². The molecule has 0 aromatic carbocycles. The van der Waals surface area contributed by atoms with Crippen LogP contribution in [0.15, 0.2) is 11.0 Å². The molecule has 0 saturated carbocycles. The molecule has 56 valence electrons. The number of rotatable bonds is 2. The Bertz CT molecular complexity index is 161. The third-order valence-electron chi connectivity index (χ3n) is 1.52. The fourth-order valence-electron chi connectivity index (χ4n) is 1.09. The van der Waals surface area contributed by atoms with Gasteiger partial charge in [0.1, 0.15) is 0 Å². The summed E-state index contributed by atoms with van der Waals surface area (Å²) in [4.78, 5) is 1.61. The summed E-state index contributed by atoms with van der Waals surface area (Å²) >= 11 is 3.61. The van der Waals surface area contributed by atoms with Gasteiger partial charge in [-0.25, -0.2) is 0 Å². The van der Waals surface area contributed by atoms with Gasteiger partial charge in [0.2, 0.25) is 0 Å². The maximum atomic E-state index is 2.40. The van der Waals surface area contributed by atoms with Crippen molar-refractivity contribution in [2.75, 3.05) is 0 Å². The Kier molecular flexibility index (Phi) is 3.94. The minimum absolute atomic E-state index is 1.31. The second-order valence-electron chi connectivity index (χ2n) is 2.51. The molecule has 10 heavy (non-hydrogen) atoms. The molecular formula is C8H12SW. The fourth-order valence-corrected chi connectivity index (χ4v) is 3.06. The molecule has 0 aromatic heterocycles. The van der Waals surface area contributed by atoms with E-state index in [0.29, 0.717) is 0 Å². The average Bonchev–Trinajstić information content (AvgIpc) is 1.88. The summed E-state index contributed by atoms with van der Waals surface area (Å²) in [5, 5.41) is 0. The van der Waals surface area contributed by atoms with Crippen LogP contribution in [0.3, 0.4) is 0 Å². The normalized spacial score (nSPS) is 18.3. The van der Waals surface area contributed by atoms with Crippen LogP contribution in [-0.4, -0.2) is 3.23 Å². The van der Waals surface area contributed by atoms with Crippen molar-refractivity contribution < 1.29 is 19.4 Å². The molecule has 1 rings (SSSR count). The third kappa shape index (κ3) is 3.16. The molecule has 0 saturated heterocycles. The Morgan fingerprint density at radius 1 is 1.60 bits per heavy atom. The zero-order valence-electron chi connectivity index (χ0n) is 6.22. The second kappa shape index (κ2) is 4.51.